The van der Waals surface area contributed by atoms with Crippen LogP contribution in [0.5, 0.6) is 0 Å². The van der Waals surface area contributed by atoms with Gasteiger partial charge >= 0.3 is 5.97 Å². The predicted octanol–water partition coefficient (Wildman–Crippen LogP) is 3.24. The van der Waals surface area contributed by atoms with Gasteiger partial charge in [0, 0.05) is 18.5 Å². The molecule has 1 fully saturated rings. The number of amides is 1. The van der Waals surface area contributed by atoms with Crippen LogP contribution in [-0.4, -0.2) is 23.0 Å². The van der Waals surface area contributed by atoms with E-state index in [9.17, 15) is 9.59 Å². The molecule has 1 aliphatic carbocycles. The molecule has 5 nitrogen and oxygen atoms in total. The zero-order valence-electron chi connectivity index (χ0n) is 12.9. The van der Waals surface area contributed by atoms with Crippen LogP contribution in [0.3, 0.4) is 0 Å². The zero-order chi connectivity index (χ0) is 15.6. The summed E-state index contributed by atoms with van der Waals surface area (Å²) >= 11 is 0. The molecular weight excluding hydrogens is 270 g/mol. The number of carbonyl (C=O) groups is 2. The van der Waals surface area contributed by atoms with Gasteiger partial charge in [-0.15, -0.1) is 0 Å². The first-order valence-corrected chi connectivity index (χ1v) is 7.49. The van der Waals surface area contributed by atoms with Crippen molar-refractivity contribution in [3.8, 4) is 0 Å². The second-order valence-corrected chi connectivity index (χ2v) is 6.52. The lowest BCUT2D eigenvalue weighted by atomic mass is 9.75. The second kappa shape index (κ2) is 5.92. The largest absolute Gasteiger partial charge is 0.478 e. The zero-order valence-corrected chi connectivity index (χ0v) is 12.9. The molecule has 0 bridgehead atoms. The van der Waals surface area contributed by atoms with Crippen molar-refractivity contribution in [1.29, 1.82) is 0 Å². The molecule has 0 atom stereocenters. The summed E-state index contributed by atoms with van der Waals surface area (Å²) in [7, 11) is 0. The smallest absolute Gasteiger partial charge is 0.339 e. The summed E-state index contributed by atoms with van der Waals surface area (Å²) < 4.78 is 5.38. The van der Waals surface area contributed by atoms with Crippen molar-refractivity contribution in [2.24, 2.45) is 5.41 Å². The maximum absolute atomic E-state index is 12.2. The van der Waals surface area contributed by atoms with Crippen LogP contribution in [0.1, 0.15) is 73.1 Å². The lowest BCUT2D eigenvalue weighted by Crippen LogP contribution is -2.39. The lowest BCUT2D eigenvalue weighted by Gasteiger charge is -2.34. The quantitative estimate of drug-likeness (QED) is 0.893. The minimum absolute atomic E-state index is 0.0763. The fraction of sp³-hybridized carbons (Fsp3) is 0.625. The SMILES string of the molecule is CCc1oc(C(=O)NC2CCC(C)(C)CC2)cc1C(=O)O. The number of hydrogen-bond acceptors (Lipinski definition) is 3. The van der Waals surface area contributed by atoms with Crippen LogP contribution >= 0.6 is 0 Å². The Morgan fingerprint density at radius 3 is 2.48 bits per heavy atom. The van der Waals surface area contributed by atoms with Gasteiger partial charge in [-0.25, -0.2) is 4.79 Å². The Morgan fingerprint density at radius 1 is 1.38 bits per heavy atom. The van der Waals surface area contributed by atoms with E-state index in [-0.39, 0.29) is 23.3 Å². The molecule has 0 unspecified atom stereocenters. The van der Waals surface area contributed by atoms with Crippen LogP contribution in [0.15, 0.2) is 10.5 Å². The third-order valence-electron chi connectivity index (χ3n) is 4.26. The van der Waals surface area contributed by atoms with Gasteiger partial charge in [0.25, 0.3) is 5.91 Å². The van der Waals surface area contributed by atoms with Crippen LogP contribution in [0.2, 0.25) is 0 Å². The number of carboxylic acid groups (broad SMARTS) is 1. The van der Waals surface area contributed by atoms with Gasteiger partial charge < -0.3 is 14.8 Å². The molecule has 1 heterocycles. The van der Waals surface area contributed by atoms with Gasteiger partial charge in [0.05, 0.1) is 0 Å². The summed E-state index contributed by atoms with van der Waals surface area (Å²) in [5, 5.41) is 12.0. The van der Waals surface area contributed by atoms with Crippen molar-refractivity contribution in [3.05, 3.63) is 23.2 Å². The third kappa shape index (κ3) is 3.65. The molecule has 21 heavy (non-hydrogen) atoms. The molecule has 1 saturated carbocycles. The van der Waals surface area contributed by atoms with Gasteiger partial charge in [0.2, 0.25) is 0 Å². The van der Waals surface area contributed by atoms with Crippen molar-refractivity contribution < 1.29 is 19.1 Å². The van der Waals surface area contributed by atoms with Crippen molar-refractivity contribution in [2.75, 3.05) is 0 Å². The number of nitrogens with one attached hydrogen (secondary N) is 1. The minimum atomic E-state index is -1.06. The van der Waals surface area contributed by atoms with Gasteiger partial charge in [-0.2, -0.15) is 0 Å². The predicted molar refractivity (Wildman–Crippen MR) is 78.5 cm³/mol. The normalized spacial score (nSPS) is 18.4. The number of aromatic carboxylic acids is 1. The first-order valence-electron chi connectivity index (χ1n) is 7.49. The molecule has 1 aromatic rings. The lowest BCUT2D eigenvalue weighted by molar-refractivity contribution is 0.0694. The standard InChI is InChI=1S/C16H23NO4/c1-4-12-11(15(19)20)9-13(21-12)14(18)17-10-5-7-16(2,3)8-6-10/h9-10H,4-8H2,1-3H3,(H,17,18)(H,19,20). The highest BCUT2D eigenvalue weighted by Gasteiger charge is 2.28. The maximum atomic E-state index is 12.2. The van der Waals surface area contributed by atoms with E-state index in [1.54, 1.807) is 6.92 Å². The Balaban J connectivity index is 2.02. The van der Waals surface area contributed by atoms with Gasteiger partial charge in [0.1, 0.15) is 11.3 Å². The number of rotatable bonds is 4. The number of hydrogen-bond donors (Lipinski definition) is 2. The third-order valence-corrected chi connectivity index (χ3v) is 4.26. The second-order valence-electron chi connectivity index (χ2n) is 6.52. The van der Waals surface area contributed by atoms with E-state index < -0.39 is 5.97 Å². The van der Waals surface area contributed by atoms with Crippen LogP contribution in [0.4, 0.5) is 0 Å². The minimum Gasteiger partial charge on any atom is -0.478 e. The Bertz CT molecular complexity index is 534. The van der Waals surface area contributed by atoms with E-state index in [4.69, 9.17) is 9.52 Å². The molecule has 0 aromatic carbocycles. The van der Waals surface area contributed by atoms with Gasteiger partial charge in [-0.1, -0.05) is 20.8 Å². The van der Waals surface area contributed by atoms with Crippen molar-refractivity contribution in [3.63, 3.8) is 0 Å². The molecule has 1 aromatic heterocycles. The van der Waals surface area contributed by atoms with Gasteiger partial charge in [0.15, 0.2) is 5.76 Å². The van der Waals surface area contributed by atoms with Crippen molar-refractivity contribution >= 4 is 11.9 Å². The van der Waals surface area contributed by atoms with Gasteiger partial charge in [-0.3, -0.25) is 4.79 Å². The molecule has 0 radical (unpaired) electrons. The van der Waals surface area contributed by atoms with E-state index in [0.29, 0.717) is 17.6 Å². The number of carboxylic acids is 1. The molecular formula is C16H23NO4. The van der Waals surface area contributed by atoms with Crippen molar-refractivity contribution in [2.45, 2.75) is 58.9 Å². The summed E-state index contributed by atoms with van der Waals surface area (Å²) in [5.74, 6) is -0.942. The highest BCUT2D eigenvalue weighted by Crippen LogP contribution is 2.35. The molecule has 1 amide bonds. The molecule has 2 rings (SSSR count). The summed E-state index contributed by atoms with van der Waals surface area (Å²) in [6.07, 6.45) is 4.51. The van der Waals surface area contributed by atoms with Crippen LogP contribution in [0, 0.1) is 5.41 Å². The maximum Gasteiger partial charge on any atom is 0.339 e. The Labute approximate surface area is 124 Å². The van der Waals surface area contributed by atoms with Crippen LogP contribution in [-0.2, 0) is 6.42 Å². The average molecular weight is 293 g/mol. The molecule has 5 heteroatoms. The monoisotopic (exact) mass is 293 g/mol. The Hall–Kier alpha value is -1.78. The van der Waals surface area contributed by atoms with E-state index in [0.717, 1.165) is 25.7 Å². The highest BCUT2D eigenvalue weighted by molar-refractivity contribution is 5.96. The van der Waals surface area contributed by atoms with E-state index in [1.165, 1.54) is 6.07 Å². The summed E-state index contributed by atoms with van der Waals surface area (Å²) in [6, 6.07) is 1.47. The fourth-order valence-corrected chi connectivity index (χ4v) is 2.78. The summed E-state index contributed by atoms with van der Waals surface area (Å²) in [4.78, 5) is 23.3. The average Bonchev–Trinajstić information content (AvgIpc) is 2.85. The Morgan fingerprint density at radius 2 is 2.00 bits per heavy atom. The van der Waals surface area contributed by atoms with Gasteiger partial charge in [-0.05, 0) is 31.1 Å². The summed E-state index contributed by atoms with van der Waals surface area (Å²) in [5.41, 5.74) is 0.421. The first kappa shape index (κ1) is 15.6. The number of aryl methyl sites for hydroxylation is 1. The number of furan rings is 1. The summed E-state index contributed by atoms with van der Waals surface area (Å²) in [6.45, 7) is 6.28. The molecule has 0 saturated heterocycles. The molecule has 0 aliphatic heterocycles. The topological polar surface area (TPSA) is 79.5 Å². The van der Waals surface area contributed by atoms with E-state index in [1.807, 2.05) is 0 Å². The molecule has 116 valence electrons. The van der Waals surface area contributed by atoms with Crippen molar-refractivity contribution in [1.82, 2.24) is 5.32 Å². The fourth-order valence-electron chi connectivity index (χ4n) is 2.78. The van der Waals surface area contributed by atoms with Crippen LogP contribution < -0.4 is 5.32 Å². The van der Waals surface area contributed by atoms with E-state index >= 15 is 0 Å². The molecule has 1 aliphatic rings. The molecule has 2 N–H and O–H groups in total. The number of carbonyl (C=O) groups excluding carboxylic acids is 1. The highest BCUT2D eigenvalue weighted by atomic mass is 16.4. The van der Waals surface area contributed by atoms with Crippen LogP contribution in [0.25, 0.3) is 0 Å². The first-order chi connectivity index (χ1) is 9.82. The van der Waals surface area contributed by atoms with E-state index in [2.05, 4.69) is 19.2 Å². The molecule has 0 spiro atoms. The Kier molecular flexibility index (Phi) is 4.40.